The Hall–Kier alpha value is -1.70. The van der Waals surface area contributed by atoms with Gasteiger partial charge in [-0.2, -0.15) is 0 Å². The van der Waals surface area contributed by atoms with E-state index in [1.165, 1.54) is 6.07 Å². The molecule has 0 radical (unpaired) electrons. The van der Waals surface area contributed by atoms with E-state index in [9.17, 15) is 4.39 Å². The second-order valence-corrected chi connectivity index (χ2v) is 7.46. The number of hydrogen-bond acceptors (Lipinski definition) is 4. The minimum Gasteiger partial charge on any atom is -0.380 e. The molecule has 0 unspecified atom stereocenters. The van der Waals surface area contributed by atoms with Crippen molar-refractivity contribution in [3.8, 4) is 0 Å². The average Bonchev–Trinajstić information content (AvgIpc) is 2.68. The Morgan fingerprint density at radius 1 is 1.32 bits per heavy atom. The van der Waals surface area contributed by atoms with Crippen molar-refractivity contribution in [2.24, 2.45) is 4.99 Å². The quantitative estimate of drug-likeness (QED) is 0.498. The molecule has 0 atom stereocenters. The second-order valence-electron chi connectivity index (χ2n) is 7.46. The van der Waals surface area contributed by atoms with Gasteiger partial charge in [-0.3, -0.25) is 4.99 Å². The summed E-state index contributed by atoms with van der Waals surface area (Å²) in [6, 6.07) is 5.51. The minimum absolute atomic E-state index is 0.237. The standard InChI is InChI=1S/C21H35FN4O2/c1-16(2)28-12-11-26-9-7-19(8-10-26)25-21(23-3)24-14-17-5-6-20(22)18(13-17)15-27-4/h5-6,13,16,19H,7-12,14-15H2,1-4H3,(H2,23,24,25). The normalized spacial score (nSPS) is 16.6. The molecule has 1 saturated heterocycles. The van der Waals surface area contributed by atoms with E-state index in [1.807, 2.05) is 6.07 Å². The Balaban J connectivity index is 1.74. The largest absolute Gasteiger partial charge is 0.380 e. The van der Waals surface area contributed by atoms with Crippen molar-refractivity contribution in [2.45, 2.75) is 52.0 Å². The topological polar surface area (TPSA) is 58.1 Å². The van der Waals surface area contributed by atoms with Gasteiger partial charge in [0, 0.05) is 51.9 Å². The van der Waals surface area contributed by atoms with E-state index in [0.29, 0.717) is 24.3 Å². The van der Waals surface area contributed by atoms with Crippen LogP contribution < -0.4 is 10.6 Å². The van der Waals surface area contributed by atoms with Gasteiger partial charge >= 0.3 is 0 Å². The molecule has 1 aromatic carbocycles. The number of methoxy groups -OCH3 is 1. The van der Waals surface area contributed by atoms with Gasteiger partial charge in [-0.15, -0.1) is 0 Å². The minimum atomic E-state index is -0.237. The summed E-state index contributed by atoms with van der Waals surface area (Å²) in [6.07, 6.45) is 2.45. The number of nitrogens with zero attached hydrogens (tertiary/aromatic N) is 2. The van der Waals surface area contributed by atoms with Crippen LogP contribution in [0.5, 0.6) is 0 Å². The fraction of sp³-hybridized carbons (Fsp3) is 0.667. The van der Waals surface area contributed by atoms with Crippen LogP contribution in [0.3, 0.4) is 0 Å². The highest BCUT2D eigenvalue weighted by Gasteiger charge is 2.19. The summed E-state index contributed by atoms with van der Waals surface area (Å²) in [4.78, 5) is 6.77. The molecule has 158 valence electrons. The predicted molar refractivity (Wildman–Crippen MR) is 111 cm³/mol. The molecule has 0 aliphatic carbocycles. The van der Waals surface area contributed by atoms with Gasteiger partial charge in [0.1, 0.15) is 5.82 Å². The third-order valence-electron chi connectivity index (χ3n) is 4.88. The lowest BCUT2D eigenvalue weighted by Gasteiger charge is -2.33. The third kappa shape index (κ3) is 7.73. The molecule has 7 heteroatoms. The molecule has 1 aliphatic heterocycles. The molecule has 1 fully saturated rings. The van der Waals surface area contributed by atoms with Crippen molar-refractivity contribution in [3.63, 3.8) is 0 Å². The van der Waals surface area contributed by atoms with E-state index in [1.54, 1.807) is 20.2 Å². The van der Waals surface area contributed by atoms with Crippen LogP contribution in [0.15, 0.2) is 23.2 Å². The van der Waals surface area contributed by atoms with Crippen LogP contribution in [0, 0.1) is 5.82 Å². The number of nitrogens with one attached hydrogen (secondary N) is 2. The van der Waals surface area contributed by atoms with Gasteiger partial charge in [-0.05, 0) is 44.4 Å². The zero-order chi connectivity index (χ0) is 20.4. The van der Waals surface area contributed by atoms with Gasteiger partial charge in [0.25, 0.3) is 0 Å². The van der Waals surface area contributed by atoms with Gasteiger partial charge in [0.2, 0.25) is 0 Å². The molecule has 28 heavy (non-hydrogen) atoms. The number of guanidine groups is 1. The van der Waals surface area contributed by atoms with Crippen LogP contribution in [-0.4, -0.2) is 63.4 Å². The Kier molecular flexibility index (Phi) is 9.67. The van der Waals surface area contributed by atoms with Crippen LogP contribution in [0.25, 0.3) is 0 Å². The van der Waals surface area contributed by atoms with Gasteiger partial charge in [-0.25, -0.2) is 4.39 Å². The zero-order valence-electron chi connectivity index (χ0n) is 17.6. The second kappa shape index (κ2) is 12.0. The highest BCUT2D eigenvalue weighted by atomic mass is 19.1. The molecule has 1 aromatic rings. The molecule has 0 saturated carbocycles. The average molecular weight is 395 g/mol. The third-order valence-corrected chi connectivity index (χ3v) is 4.88. The molecule has 2 rings (SSSR count). The summed E-state index contributed by atoms with van der Waals surface area (Å²) in [5.41, 5.74) is 1.56. The monoisotopic (exact) mass is 394 g/mol. The zero-order valence-corrected chi connectivity index (χ0v) is 17.6. The Morgan fingerprint density at radius 2 is 2.07 bits per heavy atom. The summed E-state index contributed by atoms with van der Waals surface area (Å²) in [5, 5.41) is 6.83. The first kappa shape index (κ1) is 22.6. The lowest BCUT2D eigenvalue weighted by Crippen LogP contribution is -2.49. The molecule has 2 N–H and O–H groups in total. The Labute approximate surface area is 168 Å². The fourth-order valence-corrected chi connectivity index (χ4v) is 3.30. The van der Waals surface area contributed by atoms with E-state index in [-0.39, 0.29) is 12.4 Å². The Bertz CT molecular complexity index is 616. The van der Waals surface area contributed by atoms with Gasteiger partial charge < -0.3 is 25.0 Å². The first-order chi connectivity index (χ1) is 13.5. The van der Waals surface area contributed by atoms with E-state index < -0.39 is 0 Å². The predicted octanol–water partition coefficient (Wildman–Crippen LogP) is 2.53. The molecular formula is C21H35FN4O2. The number of rotatable bonds is 9. The number of likely N-dealkylation sites (tertiary alicyclic amines) is 1. The van der Waals surface area contributed by atoms with Crippen molar-refractivity contribution in [2.75, 3.05) is 40.4 Å². The highest BCUT2D eigenvalue weighted by Crippen LogP contribution is 2.12. The van der Waals surface area contributed by atoms with Gasteiger partial charge in [-0.1, -0.05) is 6.07 Å². The first-order valence-corrected chi connectivity index (χ1v) is 10.1. The molecule has 6 nitrogen and oxygen atoms in total. The van der Waals surface area contributed by atoms with Crippen LogP contribution >= 0.6 is 0 Å². The molecular weight excluding hydrogens is 359 g/mol. The van der Waals surface area contributed by atoms with Crippen LogP contribution in [0.2, 0.25) is 0 Å². The fourth-order valence-electron chi connectivity index (χ4n) is 3.30. The van der Waals surface area contributed by atoms with E-state index in [0.717, 1.165) is 50.6 Å². The number of hydrogen-bond donors (Lipinski definition) is 2. The molecule has 0 bridgehead atoms. The lowest BCUT2D eigenvalue weighted by atomic mass is 10.1. The summed E-state index contributed by atoms with van der Waals surface area (Å²) in [7, 11) is 3.34. The van der Waals surface area contributed by atoms with Crippen LogP contribution in [0.4, 0.5) is 4.39 Å². The number of ether oxygens (including phenoxy) is 2. The van der Waals surface area contributed by atoms with E-state index >= 15 is 0 Å². The number of halogens is 1. The van der Waals surface area contributed by atoms with Gasteiger partial charge in [0.15, 0.2) is 5.96 Å². The number of aliphatic imine (C=N–C) groups is 1. The Morgan fingerprint density at radius 3 is 2.71 bits per heavy atom. The van der Waals surface area contributed by atoms with Gasteiger partial charge in [0.05, 0.1) is 19.3 Å². The van der Waals surface area contributed by atoms with Crippen LogP contribution in [0.1, 0.15) is 37.8 Å². The molecule has 0 amide bonds. The molecule has 1 aliphatic rings. The van der Waals surface area contributed by atoms with Crippen molar-refractivity contribution >= 4 is 5.96 Å². The summed E-state index contributed by atoms with van der Waals surface area (Å²) in [6.45, 7) is 8.91. The van der Waals surface area contributed by atoms with E-state index in [4.69, 9.17) is 9.47 Å². The summed E-state index contributed by atoms with van der Waals surface area (Å²) in [5.74, 6) is 0.540. The SMILES string of the molecule is CN=C(NCc1ccc(F)c(COC)c1)NC1CCN(CCOC(C)C)CC1. The van der Waals surface area contributed by atoms with Crippen molar-refractivity contribution in [3.05, 3.63) is 35.1 Å². The number of piperidine rings is 1. The number of benzene rings is 1. The molecule has 0 aromatic heterocycles. The lowest BCUT2D eigenvalue weighted by molar-refractivity contribution is 0.0532. The summed E-state index contributed by atoms with van der Waals surface area (Å²) >= 11 is 0. The smallest absolute Gasteiger partial charge is 0.191 e. The maximum Gasteiger partial charge on any atom is 0.191 e. The maximum absolute atomic E-state index is 13.7. The maximum atomic E-state index is 13.7. The summed E-state index contributed by atoms with van der Waals surface area (Å²) < 4.78 is 24.4. The van der Waals surface area contributed by atoms with Crippen LogP contribution in [-0.2, 0) is 22.6 Å². The first-order valence-electron chi connectivity index (χ1n) is 10.1. The van der Waals surface area contributed by atoms with Crippen molar-refractivity contribution in [1.82, 2.24) is 15.5 Å². The highest BCUT2D eigenvalue weighted by molar-refractivity contribution is 5.79. The van der Waals surface area contributed by atoms with Crippen molar-refractivity contribution in [1.29, 1.82) is 0 Å². The molecule has 1 heterocycles. The van der Waals surface area contributed by atoms with Crippen molar-refractivity contribution < 1.29 is 13.9 Å². The molecule has 0 spiro atoms. The van der Waals surface area contributed by atoms with E-state index in [2.05, 4.69) is 34.4 Å².